The Balaban J connectivity index is 2.89. The third kappa shape index (κ3) is 4.86. The number of carbonyl (C=O) groups excluding carboxylic acids is 2. The molecule has 21 heavy (non-hydrogen) atoms. The molecule has 0 radical (unpaired) electrons. The van der Waals surface area contributed by atoms with Crippen molar-refractivity contribution in [3.8, 4) is 0 Å². The van der Waals surface area contributed by atoms with E-state index in [1.807, 2.05) is 13.8 Å². The molecular formula is C16H25N3O2. The van der Waals surface area contributed by atoms with Crippen molar-refractivity contribution in [2.24, 2.45) is 17.1 Å². The summed E-state index contributed by atoms with van der Waals surface area (Å²) in [5.74, 6) is -0.0221. The Kier molecular flexibility index (Phi) is 5.90. The van der Waals surface area contributed by atoms with E-state index in [4.69, 9.17) is 5.73 Å². The van der Waals surface area contributed by atoms with E-state index in [2.05, 4.69) is 10.6 Å². The van der Waals surface area contributed by atoms with Crippen molar-refractivity contribution in [1.29, 1.82) is 0 Å². The van der Waals surface area contributed by atoms with Crippen molar-refractivity contribution < 1.29 is 9.59 Å². The minimum Gasteiger partial charge on any atom is -0.352 e. The molecular weight excluding hydrogens is 266 g/mol. The van der Waals surface area contributed by atoms with Crippen LogP contribution in [0.2, 0.25) is 0 Å². The summed E-state index contributed by atoms with van der Waals surface area (Å²) in [4.78, 5) is 24.4. The van der Waals surface area contributed by atoms with Crippen LogP contribution in [0.5, 0.6) is 0 Å². The highest BCUT2D eigenvalue weighted by atomic mass is 16.2. The number of carbonyl (C=O) groups is 2. The minimum atomic E-state index is -0.679. The fraction of sp³-hybridized carbons (Fsp3) is 0.500. The van der Waals surface area contributed by atoms with E-state index < -0.39 is 5.41 Å². The zero-order valence-electron chi connectivity index (χ0n) is 13.2. The van der Waals surface area contributed by atoms with Crippen molar-refractivity contribution in [2.75, 3.05) is 18.4 Å². The van der Waals surface area contributed by atoms with Gasteiger partial charge in [0.25, 0.3) is 5.91 Å². The smallest absolute Gasteiger partial charge is 0.253 e. The molecule has 0 spiro atoms. The van der Waals surface area contributed by atoms with Gasteiger partial charge in [0.1, 0.15) is 0 Å². The lowest BCUT2D eigenvalue weighted by Gasteiger charge is -2.22. The Hall–Kier alpha value is -1.88. The van der Waals surface area contributed by atoms with Crippen LogP contribution in [0.25, 0.3) is 0 Å². The summed E-state index contributed by atoms with van der Waals surface area (Å²) in [5.41, 5.74) is 5.88. The standard InChI is InChI=1S/C16H25N3O2/c1-11(2)9-18-14(20)12-7-5-6-8-13(12)19-15(21)16(3,4)10-17/h5-8,11H,9-10,17H2,1-4H3,(H,18,20)(H,19,21). The molecule has 0 aromatic heterocycles. The molecule has 0 atom stereocenters. The lowest BCUT2D eigenvalue weighted by Crippen LogP contribution is -2.38. The average molecular weight is 291 g/mol. The number of nitrogens with one attached hydrogen (secondary N) is 2. The van der Waals surface area contributed by atoms with Crippen LogP contribution in [0, 0.1) is 11.3 Å². The van der Waals surface area contributed by atoms with Crippen molar-refractivity contribution in [1.82, 2.24) is 5.32 Å². The molecule has 0 bridgehead atoms. The van der Waals surface area contributed by atoms with Crippen molar-refractivity contribution in [2.45, 2.75) is 27.7 Å². The maximum Gasteiger partial charge on any atom is 0.253 e. The number of hydrogen-bond donors (Lipinski definition) is 3. The molecule has 0 aliphatic rings. The van der Waals surface area contributed by atoms with Crippen LogP contribution in [0.15, 0.2) is 24.3 Å². The van der Waals surface area contributed by atoms with Gasteiger partial charge >= 0.3 is 0 Å². The van der Waals surface area contributed by atoms with Crippen LogP contribution in [0.4, 0.5) is 5.69 Å². The molecule has 0 saturated heterocycles. The Morgan fingerprint density at radius 2 is 1.86 bits per heavy atom. The van der Waals surface area contributed by atoms with Crippen LogP contribution >= 0.6 is 0 Å². The minimum absolute atomic E-state index is 0.190. The molecule has 5 heteroatoms. The lowest BCUT2D eigenvalue weighted by molar-refractivity contribution is -0.123. The maximum absolute atomic E-state index is 12.2. The van der Waals surface area contributed by atoms with E-state index >= 15 is 0 Å². The molecule has 2 amide bonds. The highest BCUT2D eigenvalue weighted by molar-refractivity contribution is 6.04. The number of rotatable bonds is 6. The summed E-state index contributed by atoms with van der Waals surface area (Å²) >= 11 is 0. The van der Waals surface area contributed by atoms with Crippen LogP contribution < -0.4 is 16.4 Å². The van der Waals surface area contributed by atoms with Gasteiger partial charge in [0, 0.05) is 13.1 Å². The predicted octanol–water partition coefficient (Wildman–Crippen LogP) is 2.00. The summed E-state index contributed by atoms with van der Waals surface area (Å²) < 4.78 is 0. The number of anilines is 1. The van der Waals surface area contributed by atoms with Gasteiger partial charge in [-0.05, 0) is 31.9 Å². The van der Waals surface area contributed by atoms with Gasteiger partial charge in [-0.3, -0.25) is 9.59 Å². The molecule has 5 nitrogen and oxygen atoms in total. The van der Waals surface area contributed by atoms with Gasteiger partial charge in [0.05, 0.1) is 16.7 Å². The van der Waals surface area contributed by atoms with Gasteiger partial charge in [0.15, 0.2) is 0 Å². The van der Waals surface area contributed by atoms with E-state index in [-0.39, 0.29) is 18.4 Å². The average Bonchev–Trinajstić information content (AvgIpc) is 2.45. The summed E-state index contributed by atoms with van der Waals surface area (Å²) in [5, 5.41) is 5.64. The Labute approximate surface area is 126 Å². The lowest BCUT2D eigenvalue weighted by atomic mass is 9.92. The Morgan fingerprint density at radius 1 is 1.24 bits per heavy atom. The Bertz CT molecular complexity index is 510. The first-order valence-corrected chi connectivity index (χ1v) is 7.16. The fourth-order valence-electron chi connectivity index (χ4n) is 1.57. The highest BCUT2D eigenvalue weighted by Crippen LogP contribution is 2.20. The first-order chi connectivity index (χ1) is 9.77. The van der Waals surface area contributed by atoms with E-state index in [9.17, 15) is 9.59 Å². The molecule has 0 aliphatic carbocycles. The van der Waals surface area contributed by atoms with E-state index in [0.717, 1.165) is 0 Å². The second-order valence-corrected chi connectivity index (χ2v) is 6.19. The molecule has 0 aliphatic heterocycles. The normalized spacial score (nSPS) is 11.3. The number of hydrogen-bond acceptors (Lipinski definition) is 3. The molecule has 0 fully saturated rings. The molecule has 0 heterocycles. The molecule has 4 N–H and O–H groups in total. The largest absolute Gasteiger partial charge is 0.352 e. The van der Waals surface area contributed by atoms with Crippen LogP contribution in [0.3, 0.4) is 0 Å². The van der Waals surface area contributed by atoms with E-state index in [1.54, 1.807) is 38.1 Å². The van der Waals surface area contributed by atoms with E-state index in [1.165, 1.54) is 0 Å². The first kappa shape index (κ1) is 17.2. The van der Waals surface area contributed by atoms with Gasteiger partial charge in [-0.15, -0.1) is 0 Å². The second-order valence-electron chi connectivity index (χ2n) is 6.19. The summed E-state index contributed by atoms with van der Waals surface area (Å²) in [6.45, 7) is 8.42. The number of para-hydroxylation sites is 1. The van der Waals surface area contributed by atoms with Crippen molar-refractivity contribution in [3.05, 3.63) is 29.8 Å². The molecule has 116 valence electrons. The highest BCUT2D eigenvalue weighted by Gasteiger charge is 2.26. The van der Waals surface area contributed by atoms with Gasteiger partial charge in [0.2, 0.25) is 5.91 Å². The van der Waals surface area contributed by atoms with Gasteiger partial charge in [-0.2, -0.15) is 0 Å². The third-order valence-electron chi connectivity index (χ3n) is 3.22. The number of nitrogens with two attached hydrogens (primary N) is 1. The first-order valence-electron chi connectivity index (χ1n) is 7.16. The molecule has 0 saturated carbocycles. The summed E-state index contributed by atoms with van der Waals surface area (Å²) in [6, 6.07) is 6.97. The monoisotopic (exact) mass is 291 g/mol. The predicted molar refractivity (Wildman–Crippen MR) is 85.1 cm³/mol. The van der Waals surface area contributed by atoms with E-state index in [0.29, 0.717) is 23.7 Å². The Morgan fingerprint density at radius 3 is 2.43 bits per heavy atom. The van der Waals surface area contributed by atoms with Crippen LogP contribution in [-0.4, -0.2) is 24.9 Å². The third-order valence-corrected chi connectivity index (χ3v) is 3.22. The SMILES string of the molecule is CC(C)CNC(=O)c1ccccc1NC(=O)C(C)(C)CN. The topological polar surface area (TPSA) is 84.2 Å². The summed E-state index contributed by atoms with van der Waals surface area (Å²) in [7, 11) is 0. The van der Waals surface area contributed by atoms with Crippen LogP contribution in [0.1, 0.15) is 38.1 Å². The van der Waals surface area contributed by atoms with Gasteiger partial charge in [-0.1, -0.05) is 26.0 Å². The van der Waals surface area contributed by atoms with Gasteiger partial charge in [-0.25, -0.2) is 0 Å². The molecule has 1 aromatic carbocycles. The second kappa shape index (κ2) is 7.22. The number of amides is 2. The molecule has 0 unspecified atom stereocenters. The zero-order chi connectivity index (χ0) is 16.0. The molecule has 1 rings (SSSR count). The maximum atomic E-state index is 12.2. The quantitative estimate of drug-likeness (QED) is 0.749. The fourth-order valence-corrected chi connectivity index (χ4v) is 1.57. The molecule has 1 aromatic rings. The van der Waals surface area contributed by atoms with Crippen LogP contribution in [-0.2, 0) is 4.79 Å². The van der Waals surface area contributed by atoms with Crippen molar-refractivity contribution in [3.63, 3.8) is 0 Å². The summed E-state index contributed by atoms with van der Waals surface area (Å²) in [6.07, 6.45) is 0. The van der Waals surface area contributed by atoms with Crippen molar-refractivity contribution >= 4 is 17.5 Å². The number of benzene rings is 1. The zero-order valence-corrected chi connectivity index (χ0v) is 13.2. The van der Waals surface area contributed by atoms with Gasteiger partial charge < -0.3 is 16.4 Å².